The summed E-state index contributed by atoms with van der Waals surface area (Å²) >= 11 is 1.44. The van der Waals surface area contributed by atoms with E-state index in [4.69, 9.17) is 14.2 Å². The van der Waals surface area contributed by atoms with Gasteiger partial charge in [-0.1, -0.05) is 12.1 Å². The molecule has 0 aliphatic carbocycles. The minimum atomic E-state index is -0.699. The van der Waals surface area contributed by atoms with Crippen LogP contribution in [0, 0.1) is 0 Å². The quantitative estimate of drug-likeness (QED) is 0.305. The van der Waals surface area contributed by atoms with Crippen LogP contribution in [0.5, 0.6) is 17.2 Å². The molecule has 3 aromatic rings. The molecule has 1 aromatic heterocycles. The highest BCUT2D eigenvalue weighted by atomic mass is 32.1. The lowest BCUT2D eigenvalue weighted by atomic mass is 9.97. The first-order chi connectivity index (χ1) is 17.0. The van der Waals surface area contributed by atoms with Crippen LogP contribution in [0.3, 0.4) is 0 Å². The molecular formula is C27H25NO6S. The summed E-state index contributed by atoms with van der Waals surface area (Å²) in [4.78, 5) is 28.8. The van der Waals surface area contributed by atoms with E-state index in [1.165, 1.54) is 16.2 Å². The number of carbonyl (C=O) groups is 2. The van der Waals surface area contributed by atoms with Crippen LogP contribution in [0.15, 0.2) is 59.5 Å². The second kappa shape index (κ2) is 9.46. The number of amides is 1. The van der Waals surface area contributed by atoms with Gasteiger partial charge in [-0.25, -0.2) is 0 Å². The van der Waals surface area contributed by atoms with Crippen molar-refractivity contribution < 1.29 is 28.9 Å². The summed E-state index contributed by atoms with van der Waals surface area (Å²) in [6, 6.07) is 13.8. The second-order valence-electron chi connectivity index (χ2n) is 8.41. The largest absolute Gasteiger partial charge is 0.507 e. The van der Waals surface area contributed by atoms with Crippen molar-refractivity contribution in [3.63, 3.8) is 0 Å². The van der Waals surface area contributed by atoms with Crippen molar-refractivity contribution in [1.82, 2.24) is 4.90 Å². The number of carbonyl (C=O) groups excluding carboxylic acids is 2. The maximum Gasteiger partial charge on any atom is 0.295 e. The molecule has 0 spiro atoms. The molecule has 180 valence electrons. The lowest BCUT2D eigenvalue weighted by molar-refractivity contribution is -0.140. The number of benzene rings is 2. The number of thiophene rings is 1. The predicted molar refractivity (Wildman–Crippen MR) is 132 cm³/mol. The number of hydrogen-bond donors (Lipinski definition) is 1. The number of aliphatic hydroxyl groups is 1. The molecule has 1 amide bonds. The van der Waals surface area contributed by atoms with Crippen LogP contribution in [-0.2, 0) is 22.6 Å². The molecule has 3 heterocycles. The van der Waals surface area contributed by atoms with Crippen molar-refractivity contribution in [1.29, 1.82) is 0 Å². The topological polar surface area (TPSA) is 85.3 Å². The molecule has 2 aliphatic rings. The van der Waals surface area contributed by atoms with Gasteiger partial charge in [0.2, 0.25) is 0 Å². The molecule has 35 heavy (non-hydrogen) atoms. The van der Waals surface area contributed by atoms with Crippen LogP contribution in [0.25, 0.3) is 5.76 Å². The van der Waals surface area contributed by atoms with Crippen LogP contribution in [-0.4, -0.2) is 42.5 Å². The van der Waals surface area contributed by atoms with E-state index in [2.05, 4.69) is 0 Å². The highest BCUT2D eigenvalue weighted by molar-refractivity contribution is 7.10. The van der Waals surface area contributed by atoms with Crippen molar-refractivity contribution in [3.8, 4) is 17.2 Å². The lowest BCUT2D eigenvalue weighted by Gasteiger charge is -2.24. The monoisotopic (exact) mass is 491 g/mol. The number of methoxy groups -OCH3 is 2. The Morgan fingerprint density at radius 3 is 2.69 bits per heavy atom. The molecule has 8 heteroatoms. The summed E-state index contributed by atoms with van der Waals surface area (Å²) in [5.74, 6) is 0.368. The molecule has 0 saturated carbocycles. The Bertz CT molecular complexity index is 1310. The summed E-state index contributed by atoms with van der Waals surface area (Å²) in [5, 5.41) is 13.2. The number of likely N-dealkylation sites (tertiary alicyclic amines) is 1. The van der Waals surface area contributed by atoms with Gasteiger partial charge in [0.05, 0.1) is 32.4 Å². The van der Waals surface area contributed by atoms with Crippen LogP contribution in [0.4, 0.5) is 0 Å². The summed E-state index contributed by atoms with van der Waals surface area (Å²) in [7, 11) is 3.10. The highest BCUT2D eigenvalue weighted by Gasteiger charge is 2.46. The Balaban J connectivity index is 1.57. The Labute approximate surface area is 207 Å². The van der Waals surface area contributed by atoms with Crippen LogP contribution >= 0.6 is 11.3 Å². The fraction of sp³-hybridized carbons (Fsp3) is 0.259. The van der Waals surface area contributed by atoms with Gasteiger partial charge < -0.3 is 24.2 Å². The standard InChI is InChI=1S/C27H25NO6S/c1-32-20-9-7-16(13-21(20)33-2)15-28-24(22-6-4-12-35-22)23(26(30)27(28)31)25(29)18-8-10-19-17(14-18)5-3-11-34-19/h4,6-10,12-14,24,29H,3,5,11,15H2,1-2H3/b25-23-. The number of fused-ring (bicyclic) bond motifs is 1. The second-order valence-corrected chi connectivity index (χ2v) is 9.39. The highest BCUT2D eigenvalue weighted by Crippen LogP contribution is 2.43. The fourth-order valence-corrected chi connectivity index (χ4v) is 5.47. The van der Waals surface area contributed by atoms with Crippen molar-refractivity contribution in [3.05, 3.63) is 81.1 Å². The van der Waals surface area contributed by atoms with Gasteiger partial charge in [0.1, 0.15) is 11.5 Å². The first-order valence-electron chi connectivity index (χ1n) is 11.3. The number of Topliss-reactive ketones (excluding diaryl/α,β-unsaturated/α-hetero) is 1. The zero-order valence-corrected chi connectivity index (χ0v) is 20.3. The third kappa shape index (κ3) is 4.14. The Morgan fingerprint density at radius 2 is 1.94 bits per heavy atom. The number of aryl methyl sites for hydroxylation is 1. The maximum absolute atomic E-state index is 13.3. The molecular weight excluding hydrogens is 466 g/mol. The Hall–Kier alpha value is -3.78. The molecule has 2 aliphatic heterocycles. The zero-order chi connectivity index (χ0) is 24.5. The number of ketones is 1. The van der Waals surface area contributed by atoms with E-state index in [0.717, 1.165) is 34.6 Å². The number of ether oxygens (including phenoxy) is 3. The Morgan fingerprint density at radius 1 is 1.11 bits per heavy atom. The fourth-order valence-electron chi connectivity index (χ4n) is 4.62. The number of rotatable bonds is 6. The first kappa shape index (κ1) is 23.0. The predicted octanol–water partition coefficient (Wildman–Crippen LogP) is 4.71. The van der Waals surface area contributed by atoms with E-state index in [-0.39, 0.29) is 17.9 Å². The van der Waals surface area contributed by atoms with Gasteiger partial charge in [-0.05, 0) is 65.7 Å². The van der Waals surface area contributed by atoms with E-state index in [1.54, 1.807) is 32.4 Å². The van der Waals surface area contributed by atoms with Gasteiger partial charge in [-0.15, -0.1) is 11.3 Å². The van der Waals surface area contributed by atoms with Crippen LogP contribution < -0.4 is 14.2 Å². The van der Waals surface area contributed by atoms with Crippen LogP contribution in [0.2, 0.25) is 0 Å². The normalized spacial score (nSPS) is 18.8. The van der Waals surface area contributed by atoms with E-state index < -0.39 is 17.7 Å². The summed E-state index contributed by atoms with van der Waals surface area (Å²) in [5.41, 5.74) is 2.35. The van der Waals surface area contributed by atoms with Crippen LogP contribution in [0.1, 0.15) is 34.0 Å². The number of hydrogen-bond acceptors (Lipinski definition) is 7. The van der Waals surface area contributed by atoms with E-state index >= 15 is 0 Å². The average Bonchev–Trinajstić information content (AvgIpc) is 3.50. The minimum Gasteiger partial charge on any atom is -0.507 e. The Kier molecular flexibility index (Phi) is 6.21. The van der Waals surface area contributed by atoms with Gasteiger partial charge in [-0.2, -0.15) is 0 Å². The molecule has 1 atom stereocenters. The maximum atomic E-state index is 13.3. The third-order valence-corrected chi connectivity index (χ3v) is 7.26. The molecule has 1 fully saturated rings. The summed E-state index contributed by atoms with van der Waals surface area (Å²) in [6.45, 7) is 0.834. The smallest absolute Gasteiger partial charge is 0.295 e. The summed E-state index contributed by atoms with van der Waals surface area (Å²) < 4.78 is 16.4. The number of nitrogens with zero attached hydrogens (tertiary/aromatic N) is 1. The van der Waals surface area contributed by atoms with Gasteiger partial charge in [0.15, 0.2) is 11.5 Å². The molecule has 0 bridgehead atoms. The van der Waals surface area contributed by atoms with E-state index in [0.29, 0.717) is 23.7 Å². The molecule has 1 unspecified atom stereocenters. The molecule has 5 rings (SSSR count). The molecule has 2 aromatic carbocycles. The van der Waals surface area contributed by atoms with E-state index in [1.807, 2.05) is 35.7 Å². The van der Waals surface area contributed by atoms with Gasteiger partial charge in [0, 0.05) is 17.0 Å². The van der Waals surface area contributed by atoms with Crippen molar-refractivity contribution in [2.75, 3.05) is 20.8 Å². The first-order valence-corrected chi connectivity index (χ1v) is 12.2. The zero-order valence-electron chi connectivity index (χ0n) is 19.4. The molecule has 1 saturated heterocycles. The third-order valence-electron chi connectivity index (χ3n) is 6.34. The minimum absolute atomic E-state index is 0.0922. The van der Waals surface area contributed by atoms with Crippen molar-refractivity contribution >= 4 is 28.8 Å². The lowest BCUT2D eigenvalue weighted by Crippen LogP contribution is -2.28. The van der Waals surface area contributed by atoms with Gasteiger partial charge >= 0.3 is 0 Å². The summed E-state index contributed by atoms with van der Waals surface area (Å²) in [6.07, 6.45) is 1.72. The van der Waals surface area contributed by atoms with E-state index in [9.17, 15) is 14.7 Å². The van der Waals surface area contributed by atoms with Gasteiger partial charge in [-0.3, -0.25) is 9.59 Å². The molecule has 7 nitrogen and oxygen atoms in total. The number of aliphatic hydroxyl groups excluding tert-OH is 1. The molecule has 1 N–H and O–H groups in total. The SMILES string of the molecule is COc1ccc(CN2C(=O)C(=O)/C(=C(\O)c3ccc4c(c3)CCCO4)C2c2cccs2)cc1OC. The van der Waals surface area contributed by atoms with Crippen molar-refractivity contribution in [2.24, 2.45) is 0 Å². The molecule has 0 radical (unpaired) electrons. The van der Waals surface area contributed by atoms with Crippen molar-refractivity contribution in [2.45, 2.75) is 25.4 Å². The van der Waals surface area contributed by atoms with Gasteiger partial charge in [0.25, 0.3) is 11.7 Å². The average molecular weight is 492 g/mol.